The molecule has 38 heavy (non-hydrogen) atoms. The average Bonchev–Trinajstić information content (AvgIpc) is 3.29. The van der Waals surface area contributed by atoms with Gasteiger partial charge in [0, 0.05) is 17.3 Å². The molecule has 198 valence electrons. The summed E-state index contributed by atoms with van der Waals surface area (Å²) in [6, 6.07) is 12.9. The Morgan fingerprint density at radius 1 is 1.11 bits per heavy atom. The molecule has 0 radical (unpaired) electrons. The molecule has 3 heterocycles. The smallest absolute Gasteiger partial charge is 0.416 e. The molecule has 5 rings (SSSR count). The van der Waals surface area contributed by atoms with Gasteiger partial charge >= 0.3 is 12.1 Å². The van der Waals surface area contributed by atoms with Crippen LogP contribution in [0.2, 0.25) is 0 Å². The third-order valence-electron chi connectivity index (χ3n) is 6.42. The van der Waals surface area contributed by atoms with E-state index in [1.54, 1.807) is 61.9 Å². The van der Waals surface area contributed by atoms with Gasteiger partial charge in [-0.25, -0.2) is 9.31 Å². The van der Waals surface area contributed by atoms with Crippen molar-refractivity contribution in [2.24, 2.45) is 0 Å². The number of aliphatic carboxylic acids is 1. The molecule has 0 aliphatic carbocycles. The second kappa shape index (κ2) is 9.47. The molecule has 9 heteroatoms. The molecular formula is C29H27F3N2O4. The molecule has 1 atom stereocenters. The molecule has 1 aliphatic heterocycles. The van der Waals surface area contributed by atoms with Crippen molar-refractivity contribution < 1.29 is 32.5 Å². The highest BCUT2D eigenvalue weighted by Crippen LogP contribution is 2.47. The summed E-state index contributed by atoms with van der Waals surface area (Å²) < 4.78 is 56.7. The van der Waals surface area contributed by atoms with Crippen molar-refractivity contribution >= 4 is 11.5 Å². The Balaban J connectivity index is 1.89. The molecule has 2 aromatic heterocycles. The summed E-state index contributed by atoms with van der Waals surface area (Å²) in [4.78, 5) is 12.6. The largest absolute Gasteiger partial charge is 0.493 e. The van der Waals surface area contributed by atoms with Crippen molar-refractivity contribution in [3.8, 4) is 28.0 Å². The Morgan fingerprint density at radius 3 is 2.61 bits per heavy atom. The standard InChI is InChI=1S/C29H27F3N2O4/c1-28(2,3)38-26(27(35)36)25-21(29(30,31)32)11-10-19(20-16-33-34-13-5-4-8-22(20)34)24(25)18-9-12-23-17(15-18)7-6-14-37-23/h4-5,8-13,15-16,26H,6-7,14H2,1-3H3,(H,35,36). The van der Waals surface area contributed by atoms with Gasteiger partial charge in [-0.1, -0.05) is 18.2 Å². The molecule has 0 fully saturated rings. The predicted octanol–water partition coefficient (Wildman–Crippen LogP) is 6.95. The van der Waals surface area contributed by atoms with E-state index in [-0.39, 0.29) is 5.56 Å². The number of carboxylic acids is 1. The van der Waals surface area contributed by atoms with Crippen molar-refractivity contribution in [3.63, 3.8) is 0 Å². The Morgan fingerprint density at radius 2 is 1.89 bits per heavy atom. The summed E-state index contributed by atoms with van der Waals surface area (Å²) >= 11 is 0. The zero-order valence-corrected chi connectivity index (χ0v) is 21.2. The van der Waals surface area contributed by atoms with Crippen LogP contribution in [0.5, 0.6) is 5.75 Å². The number of aryl methyl sites for hydroxylation is 1. The predicted molar refractivity (Wildman–Crippen MR) is 136 cm³/mol. The van der Waals surface area contributed by atoms with Crippen molar-refractivity contribution in [1.29, 1.82) is 0 Å². The number of pyridine rings is 1. The van der Waals surface area contributed by atoms with Gasteiger partial charge in [0.1, 0.15) is 5.75 Å². The molecule has 0 bridgehead atoms. The van der Waals surface area contributed by atoms with E-state index in [0.717, 1.165) is 18.1 Å². The van der Waals surface area contributed by atoms with E-state index >= 15 is 0 Å². The molecular weight excluding hydrogens is 497 g/mol. The van der Waals surface area contributed by atoms with Crippen molar-refractivity contribution in [1.82, 2.24) is 9.61 Å². The topological polar surface area (TPSA) is 73.1 Å². The first kappa shape index (κ1) is 25.8. The highest BCUT2D eigenvalue weighted by atomic mass is 19.4. The highest BCUT2D eigenvalue weighted by Gasteiger charge is 2.41. The lowest BCUT2D eigenvalue weighted by Crippen LogP contribution is -2.29. The molecule has 0 amide bonds. The maximum absolute atomic E-state index is 14.5. The van der Waals surface area contributed by atoms with E-state index in [2.05, 4.69) is 5.10 Å². The van der Waals surface area contributed by atoms with E-state index in [1.165, 1.54) is 6.07 Å². The zero-order valence-electron chi connectivity index (χ0n) is 21.2. The monoisotopic (exact) mass is 524 g/mol. The van der Waals surface area contributed by atoms with Gasteiger partial charge < -0.3 is 14.6 Å². The van der Waals surface area contributed by atoms with Crippen molar-refractivity contribution in [3.05, 3.63) is 77.6 Å². The molecule has 0 saturated carbocycles. The van der Waals surface area contributed by atoms with Crippen LogP contribution >= 0.6 is 0 Å². The summed E-state index contributed by atoms with van der Waals surface area (Å²) in [5.41, 5.74) is 0.582. The van der Waals surface area contributed by atoms with Crippen molar-refractivity contribution in [2.45, 2.75) is 51.5 Å². The summed E-state index contributed by atoms with van der Waals surface area (Å²) in [6.07, 6.45) is -1.91. The van der Waals surface area contributed by atoms with E-state index in [1.807, 2.05) is 12.1 Å². The number of ether oxygens (including phenoxy) is 2. The van der Waals surface area contributed by atoms with E-state index in [0.29, 0.717) is 41.0 Å². The Bertz CT molecular complexity index is 1520. The lowest BCUT2D eigenvalue weighted by molar-refractivity contribution is -0.163. The quantitative estimate of drug-likeness (QED) is 0.306. The number of carboxylic acid groups (broad SMARTS) is 1. The van der Waals surface area contributed by atoms with E-state index < -0.39 is 35.0 Å². The number of fused-ring (bicyclic) bond motifs is 2. The first-order valence-corrected chi connectivity index (χ1v) is 12.3. The summed E-state index contributed by atoms with van der Waals surface area (Å²) in [6.45, 7) is 5.40. The normalized spacial score (nSPS) is 14.7. The lowest BCUT2D eigenvalue weighted by atomic mass is 9.84. The Hall–Kier alpha value is -3.85. The van der Waals surface area contributed by atoms with Crippen LogP contribution < -0.4 is 4.74 Å². The van der Waals surface area contributed by atoms with Gasteiger partial charge in [0.05, 0.1) is 29.5 Å². The van der Waals surface area contributed by atoms with Crippen LogP contribution in [0.15, 0.2) is 60.9 Å². The number of rotatable bonds is 5. The van der Waals surface area contributed by atoms with E-state index in [4.69, 9.17) is 9.47 Å². The second-order valence-electron chi connectivity index (χ2n) is 10.3. The third kappa shape index (κ3) is 4.86. The number of halogens is 3. The number of aromatic nitrogens is 2. The number of nitrogens with zero attached hydrogens (tertiary/aromatic N) is 2. The fraction of sp³-hybridized carbons (Fsp3) is 0.310. The van der Waals surface area contributed by atoms with Gasteiger partial charge in [0.2, 0.25) is 0 Å². The van der Waals surface area contributed by atoms with Crippen LogP contribution in [0, 0.1) is 0 Å². The minimum Gasteiger partial charge on any atom is -0.493 e. The molecule has 2 aromatic carbocycles. The van der Waals surface area contributed by atoms with Crippen molar-refractivity contribution in [2.75, 3.05) is 6.61 Å². The number of benzene rings is 2. The summed E-state index contributed by atoms with van der Waals surface area (Å²) in [5, 5.41) is 14.6. The summed E-state index contributed by atoms with van der Waals surface area (Å²) in [5.74, 6) is -0.836. The van der Waals surface area contributed by atoms with Crippen LogP contribution in [0.25, 0.3) is 27.8 Å². The minimum atomic E-state index is -4.82. The number of alkyl halides is 3. The number of carbonyl (C=O) groups is 1. The highest BCUT2D eigenvalue weighted by molar-refractivity contribution is 5.95. The third-order valence-corrected chi connectivity index (χ3v) is 6.42. The zero-order chi connectivity index (χ0) is 27.2. The number of hydrogen-bond donors (Lipinski definition) is 1. The Labute approximate surface area is 217 Å². The minimum absolute atomic E-state index is 0.142. The second-order valence-corrected chi connectivity index (χ2v) is 10.3. The molecule has 4 aromatic rings. The fourth-order valence-corrected chi connectivity index (χ4v) is 4.92. The first-order chi connectivity index (χ1) is 17.9. The maximum atomic E-state index is 14.5. The molecule has 1 N–H and O–H groups in total. The lowest BCUT2D eigenvalue weighted by Gasteiger charge is -2.30. The van der Waals surface area contributed by atoms with Crippen LogP contribution in [-0.4, -0.2) is 32.9 Å². The summed E-state index contributed by atoms with van der Waals surface area (Å²) in [7, 11) is 0. The molecule has 1 unspecified atom stereocenters. The van der Waals surface area contributed by atoms with E-state index in [9.17, 15) is 23.1 Å². The van der Waals surface area contributed by atoms with Crippen LogP contribution in [0.3, 0.4) is 0 Å². The van der Waals surface area contributed by atoms with Gasteiger partial charge in [0.15, 0.2) is 6.10 Å². The average molecular weight is 525 g/mol. The molecule has 0 spiro atoms. The first-order valence-electron chi connectivity index (χ1n) is 12.3. The van der Waals surface area contributed by atoms with Gasteiger partial charge in [-0.2, -0.15) is 18.3 Å². The fourth-order valence-electron chi connectivity index (χ4n) is 4.92. The van der Waals surface area contributed by atoms with Gasteiger partial charge in [0.25, 0.3) is 0 Å². The molecule has 6 nitrogen and oxygen atoms in total. The van der Waals surface area contributed by atoms with Gasteiger partial charge in [-0.3, -0.25) is 0 Å². The van der Waals surface area contributed by atoms with Crippen LogP contribution in [-0.2, 0) is 22.1 Å². The molecule has 1 aliphatic rings. The van der Waals surface area contributed by atoms with Crippen LogP contribution in [0.4, 0.5) is 13.2 Å². The van der Waals surface area contributed by atoms with Gasteiger partial charge in [-0.15, -0.1) is 0 Å². The Kier molecular flexibility index (Phi) is 6.43. The van der Waals surface area contributed by atoms with Gasteiger partial charge in [-0.05, 0) is 86.2 Å². The van der Waals surface area contributed by atoms with Crippen LogP contribution in [0.1, 0.15) is 50.0 Å². The molecule has 0 saturated heterocycles. The number of hydrogen-bond acceptors (Lipinski definition) is 4. The SMILES string of the molecule is CC(C)(C)OC(C(=O)O)c1c(C(F)(F)F)ccc(-c2cnn3ccccc23)c1-c1ccc2c(c1)CCCO2. The maximum Gasteiger partial charge on any atom is 0.416 e.